The van der Waals surface area contributed by atoms with Gasteiger partial charge in [0.05, 0.1) is 27.7 Å². The minimum absolute atomic E-state index is 0.0344. The molecule has 10 heteroatoms. The quantitative estimate of drug-likeness (QED) is 0.0196. The fraction of sp³-hybridized carbons (Fsp3) is 0.833. The highest BCUT2D eigenvalue weighted by Gasteiger charge is 2.21. The molecule has 340 valence electrons. The van der Waals surface area contributed by atoms with Gasteiger partial charge in [-0.3, -0.25) is 14.2 Å². The maximum atomic E-state index is 12.7. The zero-order valence-corrected chi connectivity index (χ0v) is 39.1. The van der Waals surface area contributed by atoms with Gasteiger partial charge < -0.3 is 27.9 Å². The van der Waals surface area contributed by atoms with Crippen LogP contribution in [-0.4, -0.2) is 70.0 Å². The number of allylic oxidation sites excluding steroid dienone is 6. The van der Waals surface area contributed by atoms with E-state index in [1.807, 2.05) is 21.1 Å². The summed E-state index contributed by atoms with van der Waals surface area (Å²) < 4.78 is 33.9. The van der Waals surface area contributed by atoms with Gasteiger partial charge in [-0.05, 0) is 70.6 Å². The molecule has 0 amide bonds. The lowest BCUT2D eigenvalue weighted by Crippen LogP contribution is -2.37. The van der Waals surface area contributed by atoms with Crippen LogP contribution in [0, 0.1) is 0 Å². The molecule has 0 aliphatic heterocycles. The number of nitrogens with zero attached hydrogens (tertiary/aromatic N) is 1. The molecule has 0 spiro atoms. The number of likely N-dealkylation sites (N-methyl/N-ethyl adjacent to an activating group) is 1. The summed E-state index contributed by atoms with van der Waals surface area (Å²) in [5.74, 6) is -0.861. The molecule has 0 N–H and O–H groups in total. The fourth-order valence-electron chi connectivity index (χ4n) is 6.39. The SMILES string of the molecule is CCCCC/C=C/C/C=C/CCCCCCCCCCCC(=O)O[C@H](COC(=O)CCCC/C=C/CCCCCCCCCCC)COP(=O)([O-])OCC[N+](C)(C)C. The zero-order chi connectivity index (χ0) is 42.8. The van der Waals surface area contributed by atoms with Crippen LogP contribution in [0.4, 0.5) is 0 Å². The van der Waals surface area contributed by atoms with Gasteiger partial charge in [-0.25, -0.2) is 0 Å². The van der Waals surface area contributed by atoms with Crippen molar-refractivity contribution in [3.63, 3.8) is 0 Å². The summed E-state index contributed by atoms with van der Waals surface area (Å²) in [6, 6.07) is 0. The second-order valence-electron chi connectivity index (χ2n) is 17.1. The van der Waals surface area contributed by atoms with Crippen LogP contribution in [0.15, 0.2) is 36.5 Å². The molecule has 58 heavy (non-hydrogen) atoms. The number of unbranched alkanes of at least 4 members (excludes halogenated alkanes) is 23. The first-order chi connectivity index (χ1) is 28.0. The van der Waals surface area contributed by atoms with E-state index in [2.05, 4.69) is 50.3 Å². The molecule has 1 unspecified atom stereocenters. The van der Waals surface area contributed by atoms with Crippen molar-refractivity contribution in [2.45, 2.75) is 213 Å². The van der Waals surface area contributed by atoms with Gasteiger partial charge in [-0.1, -0.05) is 159 Å². The van der Waals surface area contributed by atoms with E-state index in [4.69, 9.17) is 18.5 Å². The van der Waals surface area contributed by atoms with Crippen molar-refractivity contribution < 1.29 is 42.1 Å². The lowest BCUT2D eigenvalue weighted by Gasteiger charge is -2.28. The molecule has 0 saturated carbocycles. The predicted molar refractivity (Wildman–Crippen MR) is 241 cm³/mol. The van der Waals surface area contributed by atoms with E-state index in [1.165, 1.54) is 116 Å². The summed E-state index contributed by atoms with van der Waals surface area (Å²) in [5, 5.41) is 0. The van der Waals surface area contributed by atoms with Gasteiger partial charge in [0.1, 0.15) is 19.8 Å². The van der Waals surface area contributed by atoms with Crippen LogP contribution in [-0.2, 0) is 32.7 Å². The Bertz CT molecular complexity index is 1090. The Morgan fingerprint density at radius 1 is 0.534 bits per heavy atom. The summed E-state index contributed by atoms with van der Waals surface area (Å²) in [5.41, 5.74) is 0. The largest absolute Gasteiger partial charge is 0.756 e. The fourth-order valence-corrected chi connectivity index (χ4v) is 7.11. The van der Waals surface area contributed by atoms with Crippen molar-refractivity contribution in [2.75, 3.05) is 47.5 Å². The minimum atomic E-state index is -4.63. The smallest absolute Gasteiger partial charge is 0.306 e. The van der Waals surface area contributed by atoms with Gasteiger partial charge in [0.25, 0.3) is 7.82 Å². The van der Waals surface area contributed by atoms with Gasteiger partial charge in [0, 0.05) is 12.8 Å². The number of hydrogen-bond donors (Lipinski definition) is 0. The van der Waals surface area contributed by atoms with Crippen molar-refractivity contribution in [3.05, 3.63) is 36.5 Å². The van der Waals surface area contributed by atoms with Crippen molar-refractivity contribution in [1.29, 1.82) is 0 Å². The van der Waals surface area contributed by atoms with Gasteiger partial charge in [-0.2, -0.15) is 0 Å². The molecule has 0 saturated heterocycles. The molecule has 0 bridgehead atoms. The van der Waals surface area contributed by atoms with Crippen LogP contribution in [0.1, 0.15) is 206 Å². The number of ether oxygens (including phenoxy) is 2. The molecule has 0 fully saturated rings. The first-order valence-electron chi connectivity index (χ1n) is 23.7. The minimum Gasteiger partial charge on any atom is -0.756 e. The van der Waals surface area contributed by atoms with E-state index in [-0.39, 0.29) is 26.1 Å². The second kappa shape index (κ2) is 40.6. The third-order valence-corrected chi connectivity index (χ3v) is 11.1. The predicted octanol–water partition coefficient (Wildman–Crippen LogP) is 13.1. The van der Waals surface area contributed by atoms with E-state index in [9.17, 15) is 19.0 Å². The first kappa shape index (κ1) is 56.2. The molecular formula is C48H90NO8P. The highest BCUT2D eigenvalue weighted by atomic mass is 31.2. The highest BCUT2D eigenvalue weighted by Crippen LogP contribution is 2.38. The first-order valence-corrected chi connectivity index (χ1v) is 25.2. The molecule has 0 aromatic carbocycles. The van der Waals surface area contributed by atoms with Crippen molar-refractivity contribution >= 4 is 19.8 Å². The number of carbonyl (C=O) groups excluding carboxylic acids is 2. The average molecular weight is 840 g/mol. The standard InChI is InChI=1S/C48H90NO8P/c1-6-8-10-12-14-16-18-20-22-23-24-25-27-29-31-33-35-37-39-41-48(51)57-46(45-56-58(52,53)55-43-42-49(3,4)5)44-54-47(50)40-38-36-34-32-30-28-26-21-19-17-15-13-11-9-7-2/h14,16,20,22,30,32,46H,6-13,15,17-19,21,23-29,31,33-45H2,1-5H3/b16-14+,22-20+,32-30+/t46-/m1/s1. The molecule has 2 atom stereocenters. The van der Waals surface area contributed by atoms with Gasteiger partial charge in [0.15, 0.2) is 6.10 Å². The Morgan fingerprint density at radius 2 is 0.931 bits per heavy atom. The maximum absolute atomic E-state index is 12.7. The van der Waals surface area contributed by atoms with Crippen LogP contribution in [0.5, 0.6) is 0 Å². The van der Waals surface area contributed by atoms with E-state index < -0.39 is 32.5 Å². The van der Waals surface area contributed by atoms with Crippen molar-refractivity contribution in [1.82, 2.24) is 0 Å². The number of rotatable bonds is 43. The molecule has 9 nitrogen and oxygen atoms in total. The topological polar surface area (TPSA) is 111 Å². The second-order valence-corrected chi connectivity index (χ2v) is 18.5. The Balaban J connectivity index is 4.33. The Hall–Kier alpha value is -1.77. The summed E-state index contributed by atoms with van der Waals surface area (Å²) in [4.78, 5) is 37.6. The number of quaternary nitrogens is 1. The van der Waals surface area contributed by atoms with Gasteiger partial charge in [-0.15, -0.1) is 0 Å². The van der Waals surface area contributed by atoms with E-state index >= 15 is 0 Å². The molecule has 0 aliphatic carbocycles. The number of hydrogen-bond acceptors (Lipinski definition) is 8. The maximum Gasteiger partial charge on any atom is 0.306 e. The monoisotopic (exact) mass is 840 g/mol. The molecule has 0 rings (SSSR count). The van der Waals surface area contributed by atoms with Crippen LogP contribution in [0.25, 0.3) is 0 Å². The lowest BCUT2D eigenvalue weighted by molar-refractivity contribution is -0.870. The third kappa shape index (κ3) is 43.8. The Labute approximate surface area is 357 Å². The number of phosphoric acid groups is 1. The van der Waals surface area contributed by atoms with Crippen molar-refractivity contribution in [3.8, 4) is 0 Å². The van der Waals surface area contributed by atoms with Crippen LogP contribution in [0.3, 0.4) is 0 Å². The molecule has 0 heterocycles. The Morgan fingerprint density at radius 3 is 1.45 bits per heavy atom. The average Bonchev–Trinajstić information content (AvgIpc) is 3.17. The van der Waals surface area contributed by atoms with Gasteiger partial charge in [0.2, 0.25) is 0 Å². The van der Waals surface area contributed by atoms with Crippen LogP contribution in [0.2, 0.25) is 0 Å². The molecule has 0 radical (unpaired) electrons. The van der Waals surface area contributed by atoms with Crippen LogP contribution >= 0.6 is 7.82 Å². The molecule has 0 aromatic heterocycles. The molecule has 0 aliphatic rings. The van der Waals surface area contributed by atoms with E-state index in [0.717, 1.165) is 51.4 Å². The summed E-state index contributed by atoms with van der Waals surface area (Å²) in [6.07, 6.45) is 46.0. The highest BCUT2D eigenvalue weighted by molar-refractivity contribution is 7.45. The normalized spacial score (nSPS) is 13.8. The molecular weight excluding hydrogens is 750 g/mol. The lowest BCUT2D eigenvalue weighted by atomic mass is 10.1. The number of esters is 2. The van der Waals surface area contributed by atoms with E-state index in [0.29, 0.717) is 23.9 Å². The Kier molecular flexibility index (Phi) is 39.4. The van der Waals surface area contributed by atoms with E-state index in [1.54, 1.807) is 0 Å². The number of phosphoric ester groups is 1. The molecule has 0 aromatic rings. The summed E-state index contributed by atoms with van der Waals surface area (Å²) >= 11 is 0. The summed E-state index contributed by atoms with van der Waals surface area (Å²) in [6.45, 7) is 4.19. The summed E-state index contributed by atoms with van der Waals surface area (Å²) in [7, 11) is 1.15. The zero-order valence-electron chi connectivity index (χ0n) is 38.2. The number of carbonyl (C=O) groups is 2. The third-order valence-electron chi connectivity index (χ3n) is 10.1. The van der Waals surface area contributed by atoms with Crippen molar-refractivity contribution in [2.24, 2.45) is 0 Å². The van der Waals surface area contributed by atoms with Gasteiger partial charge >= 0.3 is 11.9 Å². The van der Waals surface area contributed by atoms with Crippen LogP contribution < -0.4 is 4.89 Å².